The van der Waals surface area contributed by atoms with Crippen LogP contribution in [0.5, 0.6) is 0 Å². The molecule has 0 fully saturated rings. The lowest BCUT2D eigenvalue weighted by Gasteiger charge is -2.10. The third-order valence-electron chi connectivity index (χ3n) is 4.98. The summed E-state index contributed by atoms with van der Waals surface area (Å²) >= 11 is 13.3. The molecule has 1 amide bonds. The molecule has 0 radical (unpaired) electrons. The lowest BCUT2D eigenvalue weighted by molar-refractivity contribution is -0.118. The second-order valence-electron chi connectivity index (χ2n) is 7.49. The van der Waals surface area contributed by atoms with E-state index in [0.29, 0.717) is 26.7 Å². The summed E-state index contributed by atoms with van der Waals surface area (Å²) in [5, 5.41) is 14.4. The zero-order valence-corrected chi connectivity index (χ0v) is 20.8. The number of rotatable bonds is 7. The number of hydrogen-bond acceptors (Lipinski definition) is 5. The van der Waals surface area contributed by atoms with Gasteiger partial charge in [-0.05, 0) is 43.7 Å². The van der Waals surface area contributed by atoms with Crippen LogP contribution in [-0.2, 0) is 4.79 Å². The Balaban J connectivity index is 1.51. The van der Waals surface area contributed by atoms with Gasteiger partial charge in [-0.25, -0.2) is 5.43 Å². The summed E-state index contributed by atoms with van der Waals surface area (Å²) in [6.45, 7) is 3.82. The maximum absolute atomic E-state index is 12.5. The second-order valence-corrected chi connectivity index (χ2v) is 9.25. The molecular formula is C25H21Cl2N5OS. The lowest BCUT2D eigenvalue weighted by atomic mass is 10.1. The standard InChI is InChI=1S/C25H21Cl2N5OS/c1-16-8-11-20(12-9-16)32-24(18-6-4-3-5-7-18)30-31-25(32)34-15-23(33)29-28-17(2)19-10-13-21(26)22(27)14-19/h3-14H,15H2,1-2H3,(H,29,33)/b28-17+. The van der Waals surface area contributed by atoms with E-state index in [0.717, 1.165) is 22.4 Å². The SMILES string of the molecule is C/C(=N\NC(=O)CSc1nnc(-c2ccccc2)n1-c1ccc(C)cc1)c1ccc(Cl)c(Cl)c1. The van der Waals surface area contributed by atoms with Crippen LogP contribution < -0.4 is 5.43 Å². The molecule has 0 aliphatic carbocycles. The maximum Gasteiger partial charge on any atom is 0.250 e. The lowest BCUT2D eigenvalue weighted by Crippen LogP contribution is -2.21. The molecule has 0 spiro atoms. The molecule has 1 aromatic heterocycles. The molecule has 1 heterocycles. The smallest absolute Gasteiger partial charge is 0.250 e. The van der Waals surface area contributed by atoms with Crippen molar-refractivity contribution in [2.75, 3.05) is 5.75 Å². The van der Waals surface area contributed by atoms with Crippen LogP contribution in [0.4, 0.5) is 0 Å². The molecule has 0 atom stereocenters. The van der Waals surface area contributed by atoms with Gasteiger partial charge in [0.15, 0.2) is 11.0 Å². The minimum absolute atomic E-state index is 0.122. The van der Waals surface area contributed by atoms with Crippen molar-refractivity contribution < 1.29 is 4.79 Å². The van der Waals surface area contributed by atoms with Crippen LogP contribution >= 0.6 is 35.0 Å². The zero-order chi connectivity index (χ0) is 24.1. The largest absolute Gasteiger partial charge is 0.272 e. The summed E-state index contributed by atoms with van der Waals surface area (Å²) in [4.78, 5) is 12.5. The van der Waals surface area contributed by atoms with Gasteiger partial charge in [0.2, 0.25) is 0 Å². The van der Waals surface area contributed by atoms with Gasteiger partial charge < -0.3 is 0 Å². The molecule has 4 rings (SSSR count). The summed E-state index contributed by atoms with van der Waals surface area (Å²) in [6.07, 6.45) is 0. The topological polar surface area (TPSA) is 72.2 Å². The highest BCUT2D eigenvalue weighted by molar-refractivity contribution is 7.99. The van der Waals surface area contributed by atoms with E-state index in [-0.39, 0.29) is 11.7 Å². The Hall–Kier alpha value is -3.13. The first-order valence-corrected chi connectivity index (χ1v) is 12.2. The number of aryl methyl sites for hydroxylation is 1. The number of hydrogen-bond donors (Lipinski definition) is 1. The van der Waals surface area contributed by atoms with Crippen molar-refractivity contribution in [3.05, 3.63) is 94.0 Å². The van der Waals surface area contributed by atoms with E-state index < -0.39 is 0 Å². The Morgan fingerprint density at radius 2 is 1.74 bits per heavy atom. The molecule has 34 heavy (non-hydrogen) atoms. The Morgan fingerprint density at radius 1 is 1.00 bits per heavy atom. The van der Waals surface area contributed by atoms with Gasteiger partial charge in [0.25, 0.3) is 5.91 Å². The molecular weight excluding hydrogens is 489 g/mol. The first-order chi connectivity index (χ1) is 16.4. The minimum Gasteiger partial charge on any atom is -0.272 e. The van der Waals surface area contributed by atoms with E-state index in [1.54, 1.807) is 25.1 Å². The Morgan fingerprint density at radius 3 is 2.44 bits per heavy atom. The van der Waals surface area contributed by atoms with Crippen molar-refractivity contribution in [1.29, 1.82) is 0 Å². The van der Waals surface area contributed by atoms with Gasteiger partial charge >= 0.3 is 0 Å². The highest BCUT2D eigenvalue weighted by Gasteiger charge is 2.17. The van der Waals surface area contributed by atoms with Crippen LogP contribution in [0.3, 0.4) is 0 Å². The van der Waals surface area contributed by atoms with Gasteiger partial charge in [0.05, 0.1) is 21.5 Å². The number of carbonyl (C=O) groups excluding carboxylic acids is 1. The van der Waals surface area contributed by atoms with Crippen LogP contribution in [0, 0.1) is 6.92 Å². The number of carbonyl (C=O) groups is 1. The van der Waals surface area contributed by atoms with Crippen molar-refractivity contribution in [3.8, 4) is 17.1 Å². The first kappa shape index (κ1) is 24.0. The third kappa shape index (κ3) is 5.67. The number of benzene rings is 3. The van der Waals surface area contributed by atoms with E-state index in [1.165, 1.54) is 11.8 Å². The molecule has 6 nitrogen and oxygen atoms in total. The molecule has 0 unspecified atom stereocenters. The van der Waals surface area contributed by atoms with Gasteiger partial charge in [0, 0.05) is 11.3 Å². The number of aromatic nitrogens is 3. The van der Waals surface area contributed by atoms with Crippen molar-refractivity contribution >= 4 is 46.6 Å². The van der Waals surface area contributed by atoms with Crippen molar-refractivity contribution in [2.24, 2.45) is 5.10 Å². The van der Waals surface area contributed by atoms with Crippen LogP contribution in [0.15, 0.2) is 83.1 Å². The summed E-state index contributed by atoms with van der Waals surface area (Å²) in [5.41, 5.74) is 6.99. The van der Waals surface area contributed by atoms with Crippen molar-refractivity contribution in [1.82, 2.24) is 20.2 Å². The molecule has 0 bridgehead atoms. The molecule has 0 aliphatic heterocycles. The normalized spacial score (nSPS) is 11.5. The Bertz CT molecular complexity index is 1340. The van der Waals surface area contributed by atoms with E-state index in [9.17, 15) is 4.79 Å². The fourth-order valence-electron chi connectivity index (χ4n) is 3.16. The van der Waals surface area contributed by atoms with Gasteiger partial charge in [-0.2, -0.15) is 5.10 Å². The molecule has 0 saturated carbocycles. The molecule has 1 N–H and O–H groups in total. The molecule has 0 aliphatic rings. The van der Waals surface area contributed by atoms with Crippen LogP contribution in [0.2, 0.25) is 10.0 Å². The fraction of sp³-hybridized carbons (Fsp3) is 0.120. The highest BCUT2D eigenvalue weighted by atomic mass is 35.5. The van der Waals surface area contributed by atoms with Crippen LogP contribution in [0.1, 0.15) is 18.1 Å². The first-order valence-electron chi connectivity index (χ1n) is 10.4. The summed E-state index contributed by atoms with van der Waals surface area (Å²) < 4.78 is 1.96. The number of thioether (sulfide) groups is 1. The van der Waals surface area contributed by atoms with E-state index in [1.807, 2.05) is 66.1 Å². The zero-order valence-electron chi connectivity index (χ0n) is 18.5. The number of nitrogens with one attached hydrogen (secondary N) is 1. The summed E-state index contributed by atoms with van der Waals surface area (Å²) in [6, 6.07) is 23.1. The number of halogens is 2. The van der Waals surface area contributed by atoms with Crippen molar-refractivity contribution in [3.63, 3.8) is 0 Å². The van der Waals surface area contributed by atoms with Crippen LogP contribution in [-0.4, -0.2) is 32.1 Å². The van der Waals surface area contributed by atoms with Crippen LogP contribution in [0.25, 0.3) is 17.1 Å². The van der Waals surface area contributed by atoms with E-state index in [4.69, 9.17) is 23.2 Å². The predicted octanol–water partition coefficient (Wildman–Crippen LogP) is 6.18. The molecule has 4 aromatic rings. The number of amides is 1. The van der Waals surface area contributed by atoms with Gasteiger partial charge in [-0.3, -0.25) is 9.36 Å². The number of nitrogens with zero attached hydrogens (tertiary/aromatic N) is 4. The molecule has 3 aromatic carbocycles. The van der Waals surface area contributed by atoms with Crippen molar-refractivity contribution in [2.45, 2.75) is 19.0 Å². The highest BCUT2D eigenvalue weighted by Crippen LogP contribution is 2.28. The molecule has 0 saturated heterocycles. The van der Waals surface area contributed by atoms with E-state index in [2.05, 4.69) is 20.7 Å². The third-order valence-corrected chi connectivity index (χ3v) is 6.64. The van der Waals surface area contributed by atoms with Gasteiger partial charge in [-0.15, -0.1) is 10.2 Å². The Labute approximate surface area is 212 Å². The summed E-state index contributed by atoms with van der Waals surface area (Å²) in [5.74, 6) is 0.571. The second kappa shape index (κ2) is 10.9. The fourth-order valence-corrected chi connectivity index (χ4v) is 4.20. The van der Waals surface area contributed by atoms with Gasteiger partial charge in [-0.1, -0.05) is 89.1 Å². The average molecular weight is 510 g/mol. The maximum atomic E-state index is 12.5. The minimum atomic E-state index is -0.260. The average Bonchev–Trinajstić information content (AvgIpc) is 3.28. The quantitative estimate of drug-likeness (QED) is 0.183. The van der Waals surface area contributed by atoms with Gasteiger partial charge in [0.1, 0.15) is 0 Å². The Kier molecular flexibility index (Phi) is 7.67. The van der Waals surface area contributed by atoms with E-state index >= 15 is 0 Å². The molecule has 172 valence electrons. The molecule has 9 heteroatoms. The monoisotopic (exact) mass is 509 g/mol. The number of hydrazone groups is 1. The predicted molar refractivity (Wildman–Crippen MR) is 139 cm³/mol. The summed E-state index contributed by atoms with van der Waals surface area (Å²) in [7, 11) is 0.